The van der Waals surface area contributed by atoms with E-state index in [1.807, 2.05) is 13.1 Å². The van der Waals surface area contributed by atoms with Crippen LogP contribution < -0.4 is 0 Å². The van der Waals surface area contributed by atoms with E-state index >= 15 is 0 Å². The molecule has 4 heteroatoms. The fourth-order valence-corrected chi connectivity index (χ4v) is 4.36. The van der Waals surface area contributed by atoms with Crippen LogP contribution in [0.3, 0.4) is 0 Å². The van der Waals surface area contributed by atoms with Crippen LogP contribution in [0.5, 0.6) is 0 Å². The minimum atomic E-state index is 0.222. The molecule has 2 nitrogen and oxygen atoms in total. The molecule has 2 unspecified atom stereocenters. The van der Waals surface area contributed by atoms with Crippen molar-refractivity contribution in [2.45, 2.75) is 43.8 Å². The highest BCUT2D eigenvalue weighted by atomic mass is 32.2. The first-order valence-electron chi connectivity index (χ1n) is 5.96. The summed E-state index contributed by atoms with van der Waals surface area (Å²) in [6, 6.07) is 0. The van der Waals surface area contributed by atoms with Crippen LogP contribution in [0.25, 0.3) is 0 Å². The van der Waals surface area contributed by atoms with Crippen molar-refractivity contribution in [2.24, 2.45) is 0 Å². The lowest BCUT2D eigenvalue weighted by Gasteiger charge is -2.19. The number of nitrogens with zero attached hydrogens (tertiary/aromatic N) is 1. The molecule has 0 aliphatic carbocycles. The Morgan fingerprint density at radius 2 is 2.44 bits per heavy atom. The van der Waals surface area contributed by atoms with Gasteiger partial charge in [-0.15, -0.1) is 11.3 Å². The molecule has 0 aromatic carbocycles. The van der Waals surface area contributed by atoms with Crippen molar-refractivity contribution in [3.8, 4) is 0 Å². The van der Waals surface area contributed by atoms with Crippen molar-refractivity contribution < 1.29 is 5.11 Å². The molecule has 0 bridgehead atoms. The smallest absolute Gasteiger partial charge is 0.0938 e. The molecular weight excluding hydrogens is 238 g/mol. The van der Waals surface area contributed by atoms with Crippen LogP contribution >= 0.6 is 23.1 Å². The van der Waals surface area contributed by atoms with Gasteiger partial charge in [0, 0.05) is 28.7 Å². The Balaban J connectivity index is 1.91. The number of thiazole rings is 1. The topological polar surface area (TPSA) is 33.1 Å². The Morgan fingerprint density at radius 3 is 3.12 bits per heavy atom. The van der Waals surface area contributed by atoms with Crippen molar-refractivity contribution in [1.29, 1.82) is 0 Å². The Bertz CT molecular complexity index is 321. The van der Waals surface area contributed by atoms with Crippen LogP contribution in [0.15, 0.2) is 6.20 Å². The van der Waals surface area contributed by atoms with E-state index in [1.165, 1.54) is 34.9 Å². The van der Waals surface area contributed by atoms with E-state index in [4.69, 9.17) is 5.11 Å². The van der Waals surface area contributed by atoms with Gasteiger partial charge in [0.15, 0.2) is 0 Å². The number of aliphatic hydroxyl groups is 1. The quantitative estimate of drug-likeness (QED) is 0.900. The zero-order valence-electron chi connectivity index (χ0n) is 9.69. The number of hydrogen-bond acceptors (Lipinski definition) is 4. The molecule has 1 N–H and O–H groups in total. The van der Waals surface area contributed by atoms with E-state index in [1.54, 1.807) is 11.3 Å². The molecule has 2 rings (SSSR count). The van der Waals surface area contributed by atoms with Gasteiger partial charge in [-0.05, 0) is 18.6 Å². The normalized spacial score (nSPS) is 23.2. The van der Waals surface area contributed by atoms with Gasteiger partial charge in [0.25, 0.3) is 0 Å². The lowest BCUT2D eigenvalue weighted by molar-refractivity contribution is 0.274. The fraction of sp³-hybridized carbons (Fsp3) is 0.750. The number of thioether (sulfide) groups is 1. The van der Waals surface area contributed by atoms with E-state index in [2.05, 4.69) is 16.7 Å². The van der Waals surface area contributed by atoms with Crippen LogP contribution in [0.1, 0.15) is 42.0 Å². The Kier molecular flexibility index (Phi) is 4.67. The molecule has 1 aromatic rings. The van der Waals surface area contributed by atoms with Crippen molar-refractivity contribution in [1.82, 2.24) is 4.98 Å². The van der Waals surface area contributed by atoms with E-state index in [-0.39, 0.29) is 12.5 Å². The van der Waals surface area contributed by atoms with Gasteiger partial charge >= 0.3 is 0 Å². The molecule has 1 aliphatic heterocycles. The molecule has 1 saturated heterocycles. The van der Waals surface area contributed by atoms with E-state index in [0.717, 1.165) is 11.7 Å². The molecule has 0 saturated carbocycles. The minimum Gasteiger partial charge on any atom is -0.396 e. The summed E-state index contributed by atoms with van der Waals surface area (Å²) in [6.45, 7) is 2.27. The van der Waals surface area contributed by atoms with Crippen LogP contribution in [0.4, 0.5) is 0 Å². The van der Waals surface area contributed by atoms with Crippen molar-refractivity contribution >= 4 is 23.1 Å². The van der Waals surface area contributed by atoms with Crippen LogP contribution in [0.2, 0.25) is 0 Å². The maximum absolute atomic E-state index is 9.09. The van der Waals surface area contributed by atoms with Crippen molar-refractivity contribution in [3.05, 3.63) is 16.1 Å². The maximum Gasteiger partial charge on any atom is 0.0938 e. The highest BCUT2D eigenvalue weighted by Crippen LogP contribution is 2.30. The summed E-state index contributed by atoms with van der Waals surface area (Å²) in [5, 5.41) is 11.1. The molecule has 2 atom stereocenters. The second-order valence-electron chi connectivity index (χ2n) is 4.43. The van der Waals surface area contributed by atoms with E-state index in [0.29, 0.717) is 0 Å². The molecule has 90 valence electrons. The number of rotatable bonds is 4. The third kappa shape index (κ3) is 3.22. The average molecular weight is 257 g/mol. The summed E-state index contributed by atoms with van der Waals surface area (Å²) in [4.78, 5) is 5.69. The zero-order valence-corrected chi connectivity index (χ0v) is 11.3. The van der Waals surface area contributed by atoms with E-state index in [9.17, 15) is 0 Å². The summed E-state index contributed by atoms with van der Waals surface area (Å²) >= 11 is 3.87. The van der Waals surface area contributed by atoms with Crippen LogP contribution in [-0.2, 0) is 6.42 Å². The molecule has 1 aliphatic rings. The van der Waals surface area contributed by atoms with Gasteiger partial charge in [-0.1, -0.05) is 13.3 Å². The lowest BCUT2D eigenvalue weighted by Crippen LogP contribution is -2.12. The molecule has 0 spiro atoms. The zero-order chi connectivity index (χ0) is 11.4. The number of aromatic nitrogens is 1. The Labute approximate surface area is 105 Å². The molecule has 1 aromatic heterocycles. The van der Waals surface area contributed by atoms with Gasteiger partial charge in [0.1, 0.15) is 0 Å². The Hall–Kier alpha value is -0.0600. The van der Waals surface area contributed by atoms with Crippen molar-refractivity contribution in [3.63, 3.8) is 0 Å². The summed E-state index contributed by atoms with van der Waals surface area (Å²) in [7, 11) is 0. The fourth-order valence-electron chi connectivity index (χ4n) is 1.90. The Morgan fingerprint density at radius 1 is 1.56 bits per heavy atom. The predicted octanol–water partition coefficient (Wildman–Crippen LogP) is 3.07. The third-order valence-electron chi connectivity index (χ3n) is 3.01. The third-order valence-corrected chi connectivity index (χ3v) is 5.66. The first-order chi connectivity index (χ1) is 7.79. The van der Waals surface area contributed by atoms with Gasteiger partial charge in [-0.3, -0.25) is 0 Å². The summed E-state index contributed by atoms with van der Waals surface area (Å²) in [5.74, 6) is 1.56. The molecule has 2 heterocycles. The monoisotopic (exact) mass is 257 g/mol. The van der Waals surface area contributed by atoms with Gasteiger partial charge < -0.3 is 5.11 Å². The summed E-state index contributed by atoms with van der Waals surface area (Å²) in [5.41, 5.74) is 0. The molecule has 0 radical (unpaired) electrons. The average Bonchev–Trinajstić information content (AvgIpc) is 2.78. The molecule has 0 amide bonds. The van der Waals surface area contributed by atoms with Crippen LogP contribution in [-0.4, -0.2) is 27.7 Å². The van der Waals surface area contributed by atoms with E-state index < -0.39 is 0 Å². The molecular formula is C12H19NOS2. The lowest BCUT2D eigenvalue weighted by atomic mass is 10.1. The SMILES string of the molecule is CC(CO)c1cnc(CC2CCCCS2)s1. The first-order valence-corrected chi connectivity index (χ1v) is 7.83. The largest absolute Gasteiger partial charge is 0.396 e. The van der Waals surface area contributed by atoms with Gasteiger partial charge in [0.05, 0.1) is 11.6 Å². The summed E-state index contributed by atoms with van der Waals surface area (Å²) in [6.07, 6.45) is 7.16. The standard InChI is InChI=1S/C12H19NOS2/c1-9(8-14)11-7-13-12(16-11)6-10-4-2-3-5-15-10/h7,9-10,14H,2-6,8H2,1H3. The van der Waals surface area contributed by atoms with Gasteiger partial charge in [-0.2, -0.15) is 11.8 Å². The number of aliphatic hydroxyl groups excluding tert-OH is 1. The number of hydrogen-bond donors (Lipinski definition) is 1. The van der Waals surface area contributed by atoms with Gasteiger partial charge in [0.2, 0.25) is 0 Å². The van der Waals surface area contributed by atoms with Gasteiger partial charge in [-0.25, -0.2) is 4.98 Å². The molecule has 1 fully saturated rings. The van der Waals surface area contributed by atoms with Crippen LogP contribution in [0, 0.1) is 0 Å². The minimum absolute atomic E-state index is 0.222. The second-order valence-corrected chi connectivity index (χ2v) is 6.99. The predicted molar refractivity (Wildman–Crippen MR) is 71.4 cm³/mol. The highest BCUT2D eigenvalue weighted by molar-refractivity contribution is 7.99. The molecule has 16 heavy (non-hydrogen) atoms. The second kappa shape index (κ2) is 6.03. The van der Waals surface area contributed by atoms with Crippen molar-refractivity contribution in [2.75, 3.05) is 12.4 Å². The first kappa shape index (κ1) is 12.4. The maximum atomic E-state index is 9.09. The highest BCUT2D eigenvalue weighted by Gasteiger charge is 2.17. The summed E-state index contributed by atoms with van der Waals surface area (Å²) < 4.78 is 0.